The van der Waals surface area contributed by atoms with Crippen molar-refractivity contribution in [3.63, 3.8) is 0 Å². The van der Waals surface area contributed by atoms with Crippen molar-refractivity contribution in [3.8, 4) is 0 Å². The van der Waals surface area contributed by atoms with Crippen molar-refractivity contribution in [1.29, 1.82) is 0 Å². The van der Waals surface area contributed by atoms with E-state index in [1.807, 2.05) is 31.2 Å². The lowest BCUT2D eigenvalue weighted by molar-refractivity contribution is 0.0981. The summed E-state index contributed by atoms with van der Waals surface area (Å²) in [4.78, 5) is 13.6. The van der Waals surface area contributed by atoms with Crippen molar-refractivity contribution < 1.29 is 17.6 Å². The number of sulfonamides is 1. The van der Waals surface area contributed by atoms with E-state index in [1.165, 1.54) is 12.1 Å². The number of anilines is 1. The Hall–Kier alpha value is -3.38. The number of hydrogen-bond acceptors (Lipinski definition) is 4. The molecule has 4 aromatic rings. The molecule has 0 unspecified atom stereocenters. The van der Waals surface area contributed by atoms with Gasteiger partial charge in [-0.2, -0.15) is 4.31 Å². The molecular formula is C26H25NO4S. The van der Waals surface area contributed by atoms with Crippen LogP contribution in [0.3, 0.4) is 0 Å². The number of rotatable bonds is 7. The zero-order chi connectivity index (χ0) is 22.7. The minimum absolute atomic E-state index is 0.0306. The molecule has 1 heterocycles. The molecule has 1 amide bonds. The number of carbonyl (C=O) groups excluding carboxylic acids is 1. The number of aryl methyl sites for hydroxylation is 2. The average molecular weight is 448 g/mol. The third-order valence-electron chi connectivity index (χ3n) is 5.37. The fourth-order valence-electron chi connectivity index (χ4n) is 3.55. The highest BCUT2D eigenvalue weighted by atomic mass is 32.2. The van der Waals surface area contributed by atoms with Crippen LogP contribution in [-0.2, 0) is 16.4 Å². The van der Waals surface area contributed by atoms with Gasteiger partial charge in [-0.1, -0.05) is 61.4 Å². The highest BCUT2D eigenvalue weighted by molar-refractivity contribution is 7.93. The van der Waals surface area contributed by atoms with Crippen molar-refractivity contribution in [3.05, 3.63) is 95.7 Å². The highest BCUT2D eigenvalue weighted by Crippen LogP contribution is 2.29. The summed E-state index contributed by atoms with van der Waals surface area (Å²) >= 11 is 0. The zero-order valence-corrected chi connectivity index (χ0v) is 18.9. The topological polar surface area (TPSA) is 67.6 Å². The van der Waals surface area contributed by atoms with Gasteiger partial charge in [0.1, 0.15) is 5.58 Å². The second kappa shape index (κ2) is 9.01. The second-order valence-electron chi connectivity index (χ2n) is 7.81. The van der Waals surface area contributed by atoms with Gasteiger partial charge < -0.3 is 4.42 Å². The van der Waals surface area contributed by atoms with Crippen LogP contribution in [0.25, 0.3) is 11.0 Å². The van der Waals surface area contributed by atoms with Gasteiger partial charge in [-0.05, 0) is 61.7 Å². The minimum atomic E-state index is -4.16. The largest absolute Gasteiger partial charge is 0.451 e. The summed E-state index contributed by atoms with van der Waals surface area (Å²) in [5, 5.41) is 0.735. The molecule has 164 valence electrons. The molecule has 0 atom stereocenters. The number of amides is 1. The zero-order valence-electron chi connectivity index (χ0n) is 18.1. The van der Waals surface area contributed by atoms with Gasteiger partial charge in [0.25, 0.3) is 10.0 Å². The molecule has 0 bridgehead atoms. The van der Waals surface area contributed by atoms with E-state index < -0.39 is 15.9 Å². The molecule has 0 spiro atoms. The Morgan fingerprint density at radius 2 is 1.62 bits per heavy atom. The van der Waals surface area contributed by atoms with Crippen molar-refractivity contribution in [1.82, 2.24) is 0 Å². The van der Waals surface area contributed by atoms with E-state index in [0.29, 0.717) is 5.58 Å². The molecule has 0 aliphatic carbocycles. The maximum atomic E-state index is 13.6. The van der Waals surface area contributed by atoms with Crippen LogP contribution in [0.5, 0.6) is 0 Å². The van der Waals surface area contributed by atoms with Crippen LogP contribution in [0.15, 0.2) is 88.2 Å². The number of benzene rings is 3. The first-order valence-electron chi connectivity index (χ1n) is 10.6. The van der Waals surface area contributed by atoms with Gasteiger partial charge in [0.05, 0.1) is 10.6 Å². The fourth-order valence-corrected chi connectivity index (χ4v) is 4.95. The molecule has 32 heavy (non-hydrogen) atoms. The smallest absolute Gasteiger partial charge is 0.308 e. The summed E-state index contributed by atoms with van der Waals surface area (Å²) in [5.41, 5.74) is 2.83. The van der Waals surface area contributed by atoms with E-state index in [4.69, 9.17) is 4.42 Å². The number of unbranched alkanes of at least 4 members (excludes halogenated alkanes) is 1. The maximum absolute atomic E-state index is 13.6. The van der Waals surface area contributed by atoms with Crippen LogP contribution in [0.1, 0.15) is 41.4 Å². The van der Waals surface area contributed by atoms with E-state index in [-0.39, 0.29) is 16.3 Å². The van der Waals surface area contributed by atoms with Gasteiger partial charge in [-0.25, -0.2) is 8.42 Å². The molecule has 0 saturated heterocycles. The number of furan rings is 1. The molecule has 0 aliphatic rings. The summed E-state index contributed by atoms with van der Waals surface area (Å²) in [7, 11) is -4.16. The Bertz CT molecular complexity index is 1300. The van der Waals surface area contributed by atoms with E-state index in [9.17, 15) is 13.2 Å². The predicted octanol–water partition coefficient (Wildman–Crippen LogP) is 6.12. The first-order valence-corrected chi connectivity index (χ1v) is 12.1. The van der Waals surface area contributed by atoms with E-state index in [2.05, 4.69) is 6.92 Å². The van der Waals surface area contributed by atoms with Gasteiger partial charge in [0.2, 0.25) is 0 Å². The number of carbonyl (C=O) groups is 1. The third-order valence-corrected chi connectivity index (χ3v) is 7.10. The lowest BCUT2D eigenvalue weighted by Gasteiger charge is -2.22. The highest BCUT2D eigenvalue weighted by Gasteiger charge is 2.33. The fraction of sp³-hybridized carbons (Fsp3) is 0.192. The normalized spacial score (nSPS) is 11.6. The van der Waals surface area contributed by atoms with Gasteiger partial charge in [-0.3, -0.25) is 4.79 Å². The van der Waals surface area contributed by atoms with Gasteiger partial charge >= 0.3 is 5.91 Å². The van der Waals surface area contributed by atoms with Crippen LogP contribution in [0, 0.1) is 6.92 Å². The van der Waals surface area contributed by atoms with Gasteiger partial charge in [0.15, 0.2) is 5.76 Å². The van der Waals surface area contributed by atoms with E-state index >= 15 is 0 Å². The van der Waals surface area contributed by atoms with Crippen LogP contribution >= 0.6 is 0 Å². The first-order chi connectivity index (χ1) is 15.4. The molecule has 3 aromatic carbocycles. The van der Waals surface area contributed by atoms with Crippen LogP contribution < -0.4 is 4.31 Å². The third kappa shape index (κ3) is 4.32. The second-order valence-corrected chi connectivity index (χ2v) is 9.59. The summed E-state index contributed by atoms with van der Waals surface area (Å²) in [6, 6.07) is 22.3. The van der Waals surface area contributed by atoms with Crippen molar-refractivity contribution in [2.75, 3.05) is 4.31 Å². The lowest BCUT2D eigenvalue weighted by atomic mass is 10.1. The summed E-state index contributed by atoms with van der Waals surface area (Å²) in [6.07, 6.45) is 3.02. The minimum Gasteiger partial charge on any atom is -0.451 e. The quantitative estimate of drug-likeness (QED) is 0.342. The molecule has 4 rings (SSSR count). The van der Waals surface area contributed by atoms with Gasteiger partial charge in [0, 0.05) is 5.39 Å². The summed E-state index contributed by atoms with van der Waals surface area (Å²) in [6.45, 7) is 4.00. The number of nitrogens with zero attached hydrogens (tertiary/aromatic N) is 1. The van der Waals surface area contributed by atoms with Crippen molar-refractivity contribution in [2.24, 2.45) is 0 Å². The summed E-state index contributed by atoms with van der Waals surface area (Å²) < 4.78 is 33.7. The Morgan fingerprint density at radius 1 is 0.938 bits per heavy atom. The first kappa shape index (κ1) is 21.8. The monoisotopic (exact) mass is 447 g/mol. The van der Waals surface area contributed by atoms with E-state index in [1.54, 1.807) is 42.5 Å². The van der Waals surface area contributed by atoms with Crippen LogP contribution in [0.4, 0.5) is 5.69 Å². The van der Waals surface area contributed by atoms with Crippen molar-refractivity contribution in [2.45, 2.75) is 38.0 Å². The molecule has 1 aromatic heterocycles. The number of fused-ring (bicyclic) bond motifs is 1. The van der Waals surface area contributed by atoms with Gasteiger partial charge in [-0.15, -0.1) is 0 Å². The van der Waals surface area contributed by atoms with Crippen LogP contribution in [0.2, 0.25) is 0 Å². The predicted molar refractivity (Wildman–Crippen MR) is 126 cm³/mol. The van der Waals surface area contributed by atoms with Crippen molar-refractivity contribution >= 4 is 32.6 Å². The molecule has 0 N–H and O–H groups in total. The molecule has 5 nitrogen and oxygen atoms in total. The Balaban J connectivity index is 1.80. The SMILES string of the molecule is CCCCc1ccc(N(C(=O)c2cc3ccccc3o2)S(=O)(=O)c2ccc(C)cc2)cc1. The number of para-hydroxylation sites is 1. The lowest BCUT2D eigenvalue weighted by Crippen LogP contribution is -2.36. The Labute approximate surface area is 188 Å². The van der Waals surface area contributed by atoms with E-state index in [0.717, 1.165) is 40.1 Å². The maximum Gasteiger partial charge on any atom is 0.308 e. The number of hydrogen-bond donors (Lipinski definition) is 0. The average Bonchev–Trinajstić information content (AvgIpc) is 3.23. The molecule has 6 heteroatoms. The molecule has 0 fully saturated rings. The Kier molecular flexibility index (Phi) is 6.15. The molecule has 0 saturated carbocycles. The molecule has 0 radical (unpaired) electrons. The summed E-state index contributed by atoms with van der Waals surface area (Å²) in [5.74, 6) is -0.764. The standard InChI is InChI=1S/C26H25NO4S/c1-3-4-7-20-12-14-22(15-13-20)27(32(29,30)23-16-10-19(2)11-17-23)26(28)25-18-21-8-5-6-9-24(21)31-25/h5-6,8-18H,3-4,7H2,1-2H3. The molecular weight excluding hydrogens is 422 g/mol. The van der Waals surface area contributed by atoms with Crippen LogP contribution in [-0.4, -0.2) is 14.3 Å². The molecule has 0 aliphatic heterocycles. The Morgan fingerprint density at radius 3 is 2.28 bits per heavy atom.